The molecule has 0 spiro atoms. The van der Waals surface area contributed by atoms with Crippen molar-refractivity contribution in [1.82, 2.24) is 0 Å². The number of ketones is 1. The maximum atomic E-state index is 10.7. The van der Waals surface area contributed by atoms with Crippen LogP contribution in [0.15, 0.2) is 16.5 Å². The number of hydrogen-bond donors (Lipinski definition) is 1. The number of carbonyl (C=O) groups excluding carboxylic acids is 2. The number of anilines is 1. The molecule has 1 amide bonds. The maximum Gasteiger partial charge on any atom is 0.223 e. The average Bonchev–Trinajstić information content (AvgIpc) is 2.34. The van der Waals surface area contributed by atoms with Gasteiger partial charge in [0.1, 0.15) is 0 Å². The molecule has 0 aliphatic carbocycles. The highest BCUT2D eigenvalue weighted by Crippen LogP contribution is 2.13. The molecule has 0 atom stereocenters. The Morgan fingerprint density at radius 2 is 2.00 bits per heavy atom. The van der Waals surface area contributed by atoms with Crippen LogP contribution in [-0.4, -0.2) is 11.7 Å². The predicted molar refractivity (Wildman–Crippen MR) is 43.0 cm³/mol. The Morgan fingerprint density at radius 3 is 2.42 bits per heavy atom. The van der Waals surface area contributed by atoms with Gasteiger partial charge in [0.15, 0.2) is 17.4 Å². The lowest BCUT2D eigenvalue weighted by Crippen LogP contribution is -2.04. The summed E-state index contributed by atoms with van der Waals surface area (Å²) in [5, 5.41) is 2.42. The van der Waals surface area contributed by atoms with Crippen LogP contribution >= 0.6 is 0 Å². The molecule has 12 heavy (non-hydrogen) atoms. The zero-order valence-corrected chi connectivity index (χ0v) is 6.88. The quantitative estimate of drug-likeness (QED) is 0.678. The molecule has 1 aromatic rings. The van der Waals surface area contributed by atoms with Gasteiger partial charge in [-0.25, -0.2) is 0 Å². The molecule has 4 nitrogen and oxygen atoms in total. The molecule has 64 valence electrons. The smallest absolute Gasteiger partial charge is 0.223 e. The molecule has 0 saturated heterocycles. The van der Waals surface area contributed by atoms with E-state index >= 15 is 0 Å². The van der Waals surface area contributed by atoms with E-state index in [1.165, 1.54) is 26.0 Å². The number of rotatable bonds is 2. The Bertz CT molecular complexity index is 314. The Labute approximate surface area is 69.6 Å². The monoisotopic (exact) mass is 167 g/mol. The van der Waals surface area contributed by atoms with E-state index in [2.05, 4.69) is 5.32 Å². The number of nitrogens with one attached hydrogen (secondary N) is 1. The van der Waals surface area contributed by atoms with Crippen LogP contribution in [0.1, 0.15) is 24.4 Å². The second-order valence-electron chi connectivity index (χ2n) is 2.40. The number of amides is 1. The van der Waals surface area contributed by atoms with Gasteiger partial charge in [-0.15, -0.1) is 0 Å². The van der Waals surface area contributed by atoms with Gasteiger partial charge in [0, 0.05) is 19.9 Å². The Kier molecular flexibility index (Phi) is 2.28. The normalized spacial score (nSPS) is 9.50. The van der Waals surface area contributed by atoms with Crippen LogP contribution in [0.5, 0.6) is 0 Å². The summed E-state index contributed by atoms with van der Waals surface area (Å²) in [6, 6.07) is 3.06. The van der Waals surface area contributed by atoms with Gasteiger partial charge in [-0.2, -0.15) is 0 Å². The number of furan rings is 1. The summed E-state index contributed by atoms with van der Waals surface area (Å²) in [5.41, 5.74) is 0. The molecule has 0 aromatic carbocycles. The lowest BCUT2D eigenvalue weighted by molar-refractivity contribution is -0.114. The first kappa shape index (κ1) is 8.52. The van der Waals surface area contributed by atoms with Crippen molar-refractivity contribution < 1.29 is 14.0 Å². The standard InChI is InChI=1S/C8H9NO3/c1-5(10)7-3-4-8(12-7)9-6(2)11/h3-4H,1-2H3,(H,9,11). The summed E-state index contributed by atoms with van der Waals surface area (Å²) < 4.78 is 4.97. The van der Waals surface area contributed by atoms with Gasteiger partial charge in [0.05, 0.1) is 0 Å². The molecule has 1 aromatic heterocycles. The molecule has 0 fully saturated rings. The van der Waals surface area contributed by atoms with Gasteiger partial charge >= 0.3 is 0 Å². The molecule has 4 heteroatoms. The summed E-state index contributed by atoms with van der Waals surface area (Å²) in [6.07, 6.45) is 0. The number of carbonyl (C=O) groups is 2. The fraction of sp³-hybridized carbons (Fsp3) is 0.250. The van der Waals surface area contributed by atoms with Crippen molar-refractivity contribution in [1.29, 1.82) is 0 Å². The van der Waals surface area contributed by atoms with Crippen molar-refractivity contribution in [2.24, 2.45) is 0 Å². The topological polar surface area (TPSA) is 59.3 Å². The third kappa shape index (κ3) is 1.95. The SMILES string of the molecule is CC(=O)Nc1ccc(C(C)=O)o1. The largest absolute Gasteiger partial charge is 0.437 e. The molecule has 0 unspecified atom stereocenters. The van der Waals surface area contributed by atoms with Gasteiger partial charge in [-0.05, 0) is 6.07 Å². The first-order valence-electron chi connectivity index (χ1n) is 3.48. The van der Waals surface area contributed by atoms with Gasteiger partial charge < -0.3 is 4.42 Å². The minimum atomic E-state index is -0.223. The van der Waals surface area contributed by atoms with Crippen molar-refractivity contribution in [3.8, 4) is 0 Å². The number of hydrogen-bond acceptors (Lipinski definition) is 3. The highest BCUT2D eigenvalue weighted by atomic mass is 16.4. The van der Waals surface area contributed by atoms with Gasteiger partial charge in [-0.1, -0.05) is 0 Å². The lowest BCUT2D eigenvalue weighted by atomic mass is 10.3. The van der Waals surface area contributed by atoms with Crippen molar-refractivity contribution in [3.63, 3.8) is 0 Å². The Hall–Kier alpha value is -1.58. The molecule has 0 radical (unpaired) electrons. The summed E-state index contributed by atoms with van der Waals surface area (Å²) in [5.74, 6) is 0.164. The van der Waals surface area contributed by atoms with Crippen LogP contribution in [0.3, 0.4) is 0 Å². The Morgan fingerprint density at radius 1 is 1.33 bits per heavy atom. The second kappa shape index (κ2) is 3.21. The van der Waals surface area contributed by atoms with E-state index in [0.717, 1.165) is 0 Å². The van der Waals surface area contributed by atoms with Crippen LogP contribution in [0, 0.1) is 0 Å². The summed E-state index contributed by atoms with van der Waals surface area (Å²) in [6.45, 7) is 2.77. The van der Waals surface area contributed by atoms with E-state index in [1.807, 2.05) is 0 Å². The van der Waals surface area contributed by atoms with E-state index in [9.17, 15) is 9.59 Å². The van der Waals surface area contributed by atoms with Gasteiger partial charge in [0.2, 0.25) is 5.91 Å². The fourth-order valence-corrected chi connectivity index (χ4v) is 0.768. The first-order valence-corrected chi connectivity index (χ1v) is 3.48. The minimum Gasteiger partial charge on any atom is -0.437 e. The van der Waals surface area contributed by atoms with Crippen LogP contribution in [-0.2, 0) is 4.79 Å². The van der Waals surface area contributed by atoms with Crippen LogP contribution in [0.4, 0.5) is 5.88 Å². The molecule has 0 saturated carbocycles. The van der Waals surface area contributed by atoms with Crippen LogP contribution in [0.25, 0.3) is 0 Å². The van der Waals surface area contributed by atoms with Gasteiger partial charge in [-0.3, -0.25) is 14.9 Å². The lowest BCUT2D eigenvalue weighted by Gasteiger charge is -1.93. The molecule has 1 rings (SSSR count). The summed E-state index contributed by atoms with van der Waals surface area (Å²) in [7, 11) is 0. The van der Waals surface area contributed by atoms with Crippen molar-refractivity contribution in [2.45, 2.75) is 13.8 Å². The van der Waals surface area contributed by atoms with E-state index in [4.69, 9.17) is 4.42 Å². The molecule has 0 aliphatic heterocycles. The fourth-order valence-electron chi connectivity index (χ4n) is 0.768. The zero-order valence-electron chi connectivity index (χ0n) is 6.88. The third-order valence-corrected chi connectivity index (χ3v) is 1.25. The highest BCUT2D eigenvalue weighted by Gasteiger charge is 2.05. The molecule has 1 heterocycles. The third-order valence-electron chi connectivity index (χ3n) is 1.25. The van der Waals surface area contributed by atoms with Crippen molar-refractivity contribution >= 4 is 17.6 Å². The van der Waals surface area contributed by atoms with Crippen LogP contribution in [0.2, 0.25) is 0 Å². The highest BCUT2D eigenvalue weighted by molar-refractivity contribution is 5.92. The Balaban J connectivity index is 2.77. The molecule has 0 aliphatic rings. The molecule has 0 bridgehead atoms. The minimum absolute atomic E-state index is 0.161. The maximum absolute atomic E-state index is 10.7. The predicted octanol–water partition coefficient (Wildman–Crippen LogP) is 1.44. The van der Waals surface area contributed by atoms with Gasteiger partial charge in [0.25, 0.3) is 0 Å². The zero-order chi connectivity index (χ0) is 9.14. The van der Waals surface area contributed by atoms with E-state index in [-0.39, 0.29) is 17.5 Å². The summed E-state index contributed by atoms with van der Waals surface area (Å²) in [4.78, 5) is 21.3. The average molecular weight is 167 g/mol. The van der Waals surface area contributed by atoms with E-state index in [0.29, 0.717) is 5.88 Å². The summed E-state index contributed by atoms with van der Waals surface area (Å²) >= 11 is 0. The van der Waals surface area contributed by atoms with Crippen LogP contribution < -0.4 is 5.32 Å². The second-order valence-corrected chi connectivity index (χ2v) is 2.40. The van der Waals surface area contributed by atoms with Crippen molar-refractivity contribution in [2.75, 3.05) is 5.32 Å². The number of Topliss-reactive ketones (excluding diaryl/α,β-unsaturated/α-hetero) is 1. The molecular formula is C8H9NO3. The molecule has 1 N–H and O–H groups in total. The van der Waals surface area contributed by atoms with E-state index < -0.39 is 0 Å². The molecular weight excluding hydrogens is 158 g/mol. The van der Waals surface area contributed by atoms with E-state index in [1.54, 1.807) is 0 Å². The first-order chi connectivity index (χ1) is 5.59. The van der Waals surface area contributed by atoms with Crippen molar-refractivity contribution in [3.05, 3.63) is 17.9 Å².